The summed E-state index contributed by atoms with van der Waals surface area (Å²) in [5.74, 6) is -0.680. The number of ether oxygens (including phenoxy) is 2. The van der Waals surface area contributed by atoms with Gasteiger partial charge in [-0.05, 0) is 12.5 Å². The summed E-state index contributed by atoms with van der Waals surface area (Å²) in [6, 6.07) is 9.55. The Hall–Kier alpha value is -1.39. The molecule has 1 aromatic carbocycles. The molecule has 1 rings (SSSR count). The lowest BCUT2D eigenvalue weighted by Gasteiger charge is -2.17. The van der Waals surface area contributed by atoms with Crippen LogP contribution in [0.25, 0.3) is 0 Å². The van der Waals surface area contributed by atoms with Crippen LogP contribution in [0.5, 0.6) is 0 Å². The fourth-order valence-corrected chi connectivity index (χ4v) is 1.21. The smallest absolute Gasteiger partial charge is 0.337 e. The topological polar surface area (TPSA) is 55.8 Å². The zero-order valence-corrected chi connectivity index (χ0v) is 9.42. The average molecular weight is 224 g/mol. The molecule has 4 nitrogen and oxygen atoms in total. The summed E-state index contributed by atoms with van der Waals surface area (Å²) in [6.07, 6.45) is -1.83. The van der Waals surface area contributed by atoms with Gasteiger partial charge >= 0.3 is 5.97 Å². The molecule has 0 aliphatic carbocycles. The van der Waals surface area contributed by atoms with E-state index in [9.17, 15) is 9.90 Å². The highest BCUT2D eigenvalue weighted by molar-refractivity contribution is 5.74. The molecule has 0 bridgehead atoms. The van der Waals surface area contributed by atoms with E-state index in [0.717, 1.165) is 5.56 Å². The monoisotopic (exact) mass is 224 g/mol. The van der Waals surface area contributed by atoms with Crippen molar-refractivity contribution in [1.82, 2.24) is 0 Å². The van der Waals surface area contributed by atoms with Gasteiger partial charge in [-0.15, -0.1) is 0 Å². The van der Waals surface area contributed by atoms with Crippen molar-refractivity contribution in [3.05, 3.63) is 35.9 Å². The van der Waals surface area contributed by atoms with Crippen molar-refractivity contribution in [1.29, 1.82) is 0 Å². The number of hydrogen-bond donors (Lipinski definition) is 1. The average Bonchev–Trinajstić information content (AvgIpc) is 2.35. The van der Waals surface area contributed by atoms with Crippen molar-refractivity contribution in [2.75, 3.05) is 7.11 Å². The molecule has 0 radical (unpaired) electrons. The van der Waals surface area contributed by atoms with Crippen molar-refractivity contribution in [3.63, 3.8) is 0 Å². The van der Waals surface area contributed by atoms with E-state index in [0.29, 0.717) is 6.61 Å². The van der Waals surface area contributed by atoms with Crippen LogP contribution in [0.15, 0.2) is 30.3 Å². The Kier molecular flexibility index (Phi) is 4.95. The maximum Gasteiger partial charge on any atom is 0.337 e. The van der Waals surface area contributed by atoms with Gasteiger partial charge in [0.1, 0.15) is 0 Å². The quantitative estimate of drug-likeness (QED) is 0.762. The summed E-state index contributed by atoms with van der Waals surface area (Å²) < 4.78 is 9.78. The Morgan fingerprint density at radius 3 is 2.56 bits per heavy atom. The second kappa shape index (κ2) is 6.25. The zero-order chi connectivity index (χ0) is 12.0. The summed E-state index contributed by atoms with van der Waals surface area (Å²) in [5.41, 5.74) is 0.992. The number of carbonyl (C=O) groups excluding carboxylic acids is 1. The summed E-state index contributed by atoms with van der Waals surface area (Å²) in [4.78, 5) is 11.0. The molecular weight excluding hydrogens is 208 g/mol. The van der Waals surface area contributed by atoms with Crippen molar-refractivity contribution in [2.24, 2.45) is 0 Å². The van der Waals surface area contributed by atoms with Crippen LogP contribution < -0.4 is 0 Å². The van der Waals surface area contributed by atoms with Crippen LogP contribution in [0.4, 0.5) is 0 Å². The Morgan fingerprint density at radius 2 is 2.00 bits per heavy atom. The first-order valence-electron chi connectivity index (χ1n) is 5.06. The molecule has 0 aromatic heterocycles. The largest absolute Gasteiger partial charge is 0.467 e. The molecule has 1 aromatic rings. The Labute approximate surface area is 94.8 Å². The minimum Gasteiger partial charge on any atom is -0.467 e. The van der Waals surface area contributed by atoms with Crippen molar-refractivity contribution in [3.8, 4) is 0 Å². The van der Waals surface area contributed by atoms with Gasteiger partial charge in [0.2, 0.25) is 0 Å². The maximum atomic E-state index is 11.0. The lowest BCUT2D eigenvalue weighted by atomic mass is 10.2. The molecule has 0 spiro atoms. The first-order valence-corrected chi connectivity index (χ1v) is 5.06. The van der Waals surface area contributed by atoms with E-state index in [4.69, 9.17) is 4.74 Å². The molecule has 0 aliphatic heterocycles. The minimum atomic E-state index is -1.24. The number of aliphatic hydroxyl groups is 1. The van der Waals surface area contributed by atoms with Gasteiger partial charge in [-0.1, -0.05) is 30.3 Å². The molecule has 0 aliphatic rings. The van der Waals surface area contributed by atoms with Crippen LogP contribution in [0.3, 0.4) is 0 Å². The SMILES string of the molecule is COC(=O)[C@@H](O)[C@H](C)OCc1ccccc1. The molecular formula is C12H16O4. The Balaban J connectivity index is 2.41. The highest BCUT2D eigenvalue weighted by Gasteiger charge is 2.23. The van der Waals surface area contributed by atoms with Gasteiger partial charge in [-0.2, -0.15) is 0 Å². The number of rotatable bonds is 5. The number of carbonyl (C=O) groups is 1. The molecule has 0 fully saturated rings. The van der Waals surface area contributed by atoms with Crippen LogP contribution in [0.1, 0.15) is 12.5 Å². The number of benzene rings is 1. The van der Waals surface area contributed by atoms with Gasteiger partial charge in [0.15, 0.2) is 6.10 Å². The fraction of sp³-hybridized carbons (Fsp3) is 0.417. The normalized spacial score (nSPS) is 14.2. The number of esters is 1. The Morgan fingerprint density at radius 1 is 1.38 bits per heavy atom. The van der Waals surface area contributed by atoms with Crippen molar-refractivity contribution >= 4 is 5.97 Å². The third-order valence-corrected chi connectivity index (χ3v) is 2.24. The first kappa shape index (κ1) is 12.7. The van der Waals surface area contributed by atoms with E-state index in [1.54, 1.807) is 6.92 Å². The minimum absolute atomic E-state index is 0.357. The summed E-state index contributed by atoms with van der Waals surface area (Å²) >= 11 is 0. The second-order valence-corrected chi connectivity index (χ2v) is 3.47. The van der Waals surface area contributed by atoms with Gasteiger partial charge in [0.25, 0.3) is 0 Å². The molecule has 0 saturated heterocycles. The highest BCUT2D eigenvalue weighted by atomic mass is 16.5. The van der Waals surface area contributed by atoms with E-state index in [1.165, 1.54) is 7.11 Å². The van der Waals surface area contributed by atoms with Crippen LogP contribution in [0, 0.1) is 0 Å². The zero-order valence-electron chi connectivity index (χ0n) is 9.42. The lowest BCUT2D eigenvalue weighted by molar-refractivity contribution is -0.159. The van der Waals surface area contributed by atoms with Crippen LogP contribution in [-0.4, -0.2) is 30.4 Å². The van der Waals surface area contributed by atoms with Crippen molar-refractivity contribution in [2.45, 2.75) is 25.7 Å². The number of aliphatic hydroxyl groups excluding tert-OH is 1. The molecule has 0 heterocycles. The van der Waals surface area contributed by atoms with E-state index >= 15 is 0 Å². The maximum absolute atomic E-state index is 11.0. The van der Waals surface area contributed by atoms with Crippen molar-refractivity contribution < 1.29 is 19.4 Å². The van der Waals surface area contributed by atoms with E-state index in [1.807, 2.05) is 30.3 Å². The molecule has 2 atom stereocenters. The molecule has 0 saturated carbocycles. The summed E-state index contributed by atoms with van der Waals surface area (Å²) in [6.45, 7) is 1.99. The molecule has 88 valence electrons. The molecule has 4 heteroatoms. The van der Waals surface area contributed by atoms with Crippen LogP contribution >= 0.6 is 0 Å². The van der Waals surface area contributed by atoms with E-state index in [2.05, 4.69) is 4.74 Å². The predicted molar refractivity (Wildman–Crippen MR) is 58.7 cm³/mol. The van der Waals surface area contributed by atoms with Gasteiger partial charge in [0, 0.05) is 0 Å². The second-order valence-electron chi connectivity index (χ2n) is 3.47. The Bertz CT molecular complexity index is 323. The fourth-order valence-electron chi connectivity index (χ4n) is 1.21. The highest BCUT2D eigenvalue weighted by Crippen LogP contribution is 2.06. The third-order valence-electron chi connectivity index (χ3n) is 2.24. The van der Waals surface area contributed by atoms with Gasteiger partial charge in [0.05, 0.1) is 19.8 Å². The van der Waals surface area contributed by atoms with Crippen LogP contribution in [-0.2, 0) is 20.9 Å². The molecule has 1 N–H and O–H groups in total. The number of methoxy groups -OCH3 is 1. The summed E-state index contributed by atoms with van der Waals surface area (Å²) in [5, 5.41) is 9.46. The molecule has 0 unspecified atom stereocenters. The number of hydrogen-bond acceptors (Lipinski definition) is 4. The van der Waals surface area contributed by atoms with Crippen LogP contribution in [0.2, 0.25) is 0 Å². The summed E-state index contributed by atoms with van der Waals surface area (Å²) in [7, 11) is 1.23. The van der Waals surface area contributed by atoms with E-state index < -0.39 is 18.2 Å². The predicted octanol–water partition coefficient (Wildman–Crippen LogP) is 1.13. The lowest BCUT2D eigenvalue weighted by Crippen LogP contribution is -2.34. The van der Waals surface area contributed by atoms with Gasteiger partial charge in [-0.3, -0.25) is 0 Å². The molecule has 16 heavy (non-hydrogen) atoms. The standard InChI is InChI=1S/C12H16O4/c1-9(11(13)12(14)15-2)16-8-10-6-4-3-5-7-10/h3-7,9,11,13H,8H2,1-2H3/t9-,11-/m0/s1. The van der Waals surface area contributed by atoms with E-state index in [-0.39, 0.29) is 0 Å². The first-order chi connectivity index (χ1) is 7.65. The van der Waals surface area contributed by atoms with Gasteiger partial charge < -0.3 is 14.6 Å². The van der Waals surface area contributed by atoms with Gasteiger partial charge in [-0.25, -0.2) is 4.79 Å². The third kappa shape index (κ3) is 3.64. The molecule has 0 amide bonds.